The van der Waals surface area contributed by atoms with Gasteiger partial charge in [0.2, 0.25) is 0 Å². The Labute approximate surface area is 92.2 Å². The van der Waals surface area contributed by atoms with Gasteiger partial charge in [0.15, 0.2) is 0 Å². The second-order valence-electron chi connectivity index (χ2n) is 3.13. The van der Waals surface area contributed by atoms with Gasteiger partial charge in [-0.1, -0.05) is 6.58 Å². The average Bonchev–Trinajstić information content (AvgIpc) is 2.32. The number of carbonyl (C=O) groups is 1. The van der Waals surface area contributed by atoms with E-state index in [9.17, 15) is 20.1 Å². The van der Waals surface area contributed by atoms with Gasteiger partial charge in [-0.15, -0.1) is 0 Å². The van der Waals surface area contributed by atoms with Crippen molar-refractivity contribution in [3.05, 3.63) is 12.7 Å². The topological polar surface area (TPSA) is 127 Å². The lowest BCUT2D eigenvalue weighted by Gasteiger charge is -2.25. The smallest absolute Gasteiger partial charge is 0.330 e. The Bertz CT molecular complexity index is 230. The molecule has 0 radical (unpaired) electrons. The minimum atomic E-state index is -1.74. The van der Waals surface area contributed by atoms with Gasteiger partial charge in [0.1, 0.15) is 31.0 Å². The number of esters is 1. The second-order valence-corrected chi connectivity index (χ2v) is 3.13. The molecule has 0 saturated heterocycles. The third-order valence-electron chi connectivity index (χ3n) is 1.89. The largest absolute Gasteiger partial charge is 0.460 e. The molecule has 0 aromatic heterocycles. The van der Waals surface area contributed by atoms with Crippen LogP contribution in [0.4, 0.5) is 0 Å². The van der Waals surface area contributed by atoms with Crippen LogP contribution in [-0.2, 0) is 9.53 Å². The van der Waals surface area contributed by atoms with E-state index in [0.717, 1.165) is 6.08 Å². The van der Waals surface area contributed by atoms with Crippen molar-refractivity contribution in [3.63, 3.8) is 0 Å². The Hall–Kier alpha value is -0.990. The Morgan fingerprint density at radius 3 is 2.12 bits per heavy atom. The zero-order valence-corrected chi connectivity index (χ0v) is 8.56. The Morgan fingerprint density at radius 1 is 1.19 bits per heavy atom. The van der Waals surface area contributed by atoms with Crippen LogP contribution in [0.1, 0.15) is 0 Å². The van der Waals surface area contributed by atoms with E-state index in [-0.39, 0.29) is 0 Å². The van der Waals surface area contributed by atoms with Crippen LogP contribution >= 0.6 is 0 Å². The summed E-state index contributed by atoms with van der Waals surface area (Å²) >= 11 is 0. The highest BCUT2D eigenvalue weighted by Crippen LogP contribution is 2.05. The molecule has 0 spiro atoms. The molecule has 0 aromatic carbocycles. The lowest BCUT2D eigenvalue weighted by atomic mass is 10.0. The summed E-state index contributed by atoms with van der Waals surface area (Å²) in [5.74, 6) is -0.788. The monoisotopic (exact) mass is 236 g/mol. The van der Waals surface area contributed by atoms with Gasteiger partial charge < -0.3 is 30.3 Å². The summed E-state index contributed by atoms with van der Waals surface area (Å²) in [7, 11) is 0. The molecular formula is C9H16O7. The van der Waals surface area contributed by atoms with Crippen LogP contribution in [0.5, 0.6) is 0 Å². The van der Waals surface area contributed by atoms with E-state index < -0.39 is 43.6 Å². The fourth-order valence-electron chi connectivity index (χ4n) is 0.888. The molecule has 0 amide bonds. The van der Waals surface area contributed by atoms with Crippen LogP contribution in [0.3, 0.4) is 0 Å². The fourth-order valence-corrected chi connectivity index (χ4v) is 0.888. The van der Waals surface area contributed by atoms with Gasteiger partial charge in [0.25, 0.3) is 0 Å². The molecule has 0 aromatic rings. The van der Waals surface area contributed by atoms with Crippen molar-refractivity contribution in [3.8, 4) is 0 Å². The normalized spacial score (nSPS) is 18.3. The molecule has 0 saturated carbocycles. The van der Waals surface area contributed by atoms with E-state index >= 15 is 0 Å². The first-order chi connectivity index (χ1) is 7.43. The summed E-state index contributed by atoms with van der Waals surface area (Å²) in [5, 5.41) is 45.2. The van der Waals surface area contributed by atoms with Crippen LogP contribution < -0.4 is 0 Å². The minimum absolute atomic E-state index is 0.554. The maximum absolute atomic E-state index is 10.6. The van der Waals surface area contributed by atoms with Crippen LogP contribution in [0.25, 0.3) is 0 Å². The lowest BCUT2D eigenvalue weighted by Crippen LogP contribution is -2.47. The zero-order chi connectivity index (χ0) is 12.7. The molecule has 0 aliphatic carbocycles. The standard InChI is InChI=1S/C9H16O7/c1-2-7(13)16-4-6(12)9(15)8(14)5(11)3-10/h2,5-6,8-12,14-15H,1,3-4H2/t5-,6+,8-,9-/m1/s1. The van der Waals surface area contributed by atoms with Crippen molar-refractivity contribution in [2.24, 2.45) is 0 Å². The quantitative estimate of drug-likeness (QED) is 0.238. The number of aliphatic hydroxyl groups excluding tert-OH is 5. The van der Waals surface area contributed by atoms with Gasteiger partial charge in [-0.05, 0) is 0 Å². The SMILES string of the molecule is C=CC(=O)OC[C@H](O)[C@@H](O)[C@H](O)[C@H](O)CO. The highest BCUT2D eigenvalue weighted by molar-refractivity contribution is 5.81. The molecule has 5 N–H and O–H groups in total. The number of hydrogen-bond acceptors (Lipinski definition) is 7. The Balaban J connectivity index is 4.11. The highest BCUT2D eigenvalue weighted by atomic mass is 16.5. The van der Waals surface area contributed by atoms with Gasteiger partial charge in [-0.25, -0.2) is 4.79 Å². The number of ether oxygens (including phenoxy) is 1. The third-order valence-corrected chi connectivity index (χ3v) is 1.89. The van der Waals surface area contributed by atoms with Gasteiger partial charge in [-0.2, -0.15) is 0 Å². The number of carbonyl (C=O) groups excluding carboxylic acids is 1. The molecule has 0 fully saturated rings. The van der Waals surface area contributed by atoms with Crippen molar-refractivity contribution in [1.82, 2.24) is 0 Å². The fraction of sp³-hybridized carbons (Fsp3) is 0.667. The van der Waals surface area contributed by atoms with Crippen LogP contribution in [0.2, 0.25) is 0 Å². The molecule has 7 heteroatoms. The summed E-state index contributed by atoms with van der Waals surface area (Å²) in [6.07, 6.45) is -5.75. The molecule has 7 nitrogen and oxygen atoms in total. The summed E-state index contributed by atoms with van der Waals surface area (Å²) in [5.41, 5.74) is 0. The van der Waals surface area contributed by atoms with Crippen LogP contribution in [0.15, 0.2) is 12.7 Å². The number of hydrogen-bond donors (Lipinski definition) is 5. The predicted molar refractivity (Wildman–Crippen MR) is 52.3 cm³/mol. The van der Waals surface area contributed by atoms with Crippen molar-refractivity contribution in [2.75, 3.05) is 13.2 Å². The highest BCUT2D eigenvalue weighted by Gasteiger charge is 2.30. The lowest BCUT2D eigenvalue weighted by molar-refractivity contribution is -0.151. The molecule has 0 aliphatic heterocycles. The molecule has 94 valence electrons. The molecule has 0 bridgehead atoms. The summed E-state index contributed by atoms with van der Waals surface area (Å²) < 4.78 is 4.42. The molecule has 0 rings (SSSR count). The van der Waals surface area contributed by atoms with Gasteiger partial charge in [0, 0.05) is 6.08 Å². The number of aliphatic hydroxyl groups is 5. The maximum atomic E-state index is 10.6. The van der Waals surface area contributed by atoms with Gasteiger partial charge in [0.05, 0.1) is 6.61 Å². The average molecular weight is 236 g/mol. The van der Waals surface area contributed by atoms with Crippen LogP contribution in [-0.4, -0.2) is 69.1 Å². The van der Waals surface area contributed by atoms with E-state index in [4.69, 9.17) is 10.2 Å². The summed E-state index contributed by atoms with van der Waals surface area (Å²) in [6.45, 7) is 1.80. The maximum Gasteiger partial charge on any atom is 0.330 e. The Kier molecular flexibility index (Phi) is 6.86. The van der Waals surface area contributed by atoms with Crippen molar-refractivity contribution < 1.29 is 35.1 Å². The van der Waals surface area contributed by atoms with Gasteiger partial charge >= 0.3 is 5.97 Å². The molecule has 16 heavy (non-hydrogen) atoms. The summed E-state index contributed by atoms with van der Waals surface area (Å²) in [6, 6.07) is 0. The number of rotatable bonds is 7. The molecule has 0 aliphatic rings. The second kappa shape index (κ2) is 7.31. The molecular weight excluding hydrogens is 220 g/mol. The van der Waals surface area contributed by atoms with E-state index in [0.29, 0.717) is 0 Å². The molecule has 0 heterocycles. The predicted octanol–water partition coefficient (Wildman–Crippen LogP) is -2.85. The van der Waals surface area contributed by atoms with Gasteiger partial charge in [-0.3, -0.25) is 0 Å². The first-order valence-corrected chi connectivity index (χ1v) is 4.56. The molecule has 0 unspecified atom stereocenters. The zero-order valence-electron chi connectivity index (χ0n) is 8.56. The third kappa shape index (κ3) is 4.69. The van der Waals surface area contributed by atoms with Crippen molar-refractivity contribution in [2.45, 2.75) is 24.4 Å². The summed E-state index contributed by atoms with van der Waals surface area (Å²) in [4.78, 5) is 10.6. The molecule has 4 atom stereocenters. The van der Waals surface area contributed by atoms with E-state index in [1.54, 1.807) is 0 Å². The minimum Gasteiger partial charge on any atom is -0.460 e. The first-order valence-electron chi connectivity index (χ1n) is 4.56. The first kappa shape index (κ1) is 15.0. The van der Waals surface area contributed by atoms with E-state index in [1.165, 1.54) is 0 Å². The van der Waals surface area contributed by atoms with E-state index in [1.807, 2.05) is 0 Å². The van der Waals surface area contributed by atoms with E-state index in [2.05, 4.69) is 11.3 Å². The Morgan fingerprint density at radius 2 is 1.69 bits per heavy atom. The van der Waals surface area contributed by atoms with Crippen LogP contribution in [0, 0.1) is 0 Å². The van der Waals surface area contributed by atoms with Crippen molar-refractivity contribution in [1.29, 1.82) is 0 Å². The van der Waals surface area contributed by atoms with Crippen molar-refractivity contribution >= 4 is 5.97 Å².